The highest BCUT2D eigenvalue weighted by Crippen LogP contribution is 2.25. The fourth-order valence-corrected chi connectivity index (χ4v) is 3.64. The van der Waals surface area contributed by atoms with Crippen LogP contribution in [-0.2, 0) is 0 Å². The predicted molar refractivity (Wildman–Crippen MR) is 114 cm³/mol. The molecule has 1 N–H and O–H groups in total. The lowest BCUT2D eigenvalue weighted by Gasteiger charge is -2.32. The van der Waals surface area contributed by atoms with Crippen LogP contribution in [0, 0.1) is 12.8 Å². The van der Waals surface area contributed by atoms with Gasteiger partial charge >= 0.3 is 0 Å². The van der Waals surface area contributed by atoms with Gasteiger partial charge in [0, 0.05) is 24.8 Å². The molecule has 0 bridgehead atoms. The van der Waals surface area contributed by atoms with E-state index in [1.54, 1.807) is 6.20 Å². The first-order chi connectivity index (χ1) is 12.0. The lowest BCUT2D eigenvalue weighted by Crippen LogP contribution is -2.39. The van der Waals surface area contributed by atoms with Crippen LogP contribution in [0.5, 0.6) is 0 Å². The molecule has 2 aromatic rings. The summed E-state index contributed by atoms with van der Waals surface area (Å²) in [6.45, 7) is 8.83. The zero-order valence-corrected chi connectivity index (χ0v) is 18.2. The molecule has 2 aromatic heterocycles. The summed E-state index contributed by atoms with van der Waals surface area (Å²) in [6.07, 6.45) is 5.16. The molecule has 27 heavy (non-hydrogen) atoms. The number of fused-ring (bicyclic) bond motifs is 1. The van der Waals surface area contributed by atoms with Crippen molar-refractivity contribution in [3.05, 3.63) is 23.5 Å². The molecular formula is C19H31Cl2N5O. The second kappa shape index (κ2) is 10.2. The summed E-state index contributed by atoms with van der Waals surface area (Å²) < 4.78 is 1.89. The number of nitrogens with zero attached hydrogens (tertiary/aromatic N) is 4. The summed E-state index contributed by atoms with van der Waals surface area (Å²) in [5.41, 5.74) is 2.41. The van der Waals surface area contributed by atoms with E-state index >= 15 is 0 Å². The van der Waals surface area contributed by atoms with Gasteiger partial charge in [-0.15, -0.1) is 24.8 Å². The topological polar surface area (TPSA) is 63.1 Å². The van der Waals surface area contributed by atoms with E-state index in [0.717, 1.165) is 60.7 Å². The number of nitrogens with one attached hydrogen (secondary N) is 1. The Morgan fingerprint density at radius 3 is 2.56 bits per heavy atom. The molecule has 3 rings (SSSR count). The molecule has 0 aromatic carbocycles. The molecule has 0 radical (unpaired) electrons. The summed E-state index contributed by atoms with van der Waals surface area (Å²) in [7, 11) is 1.99. The molecule has 0 aliphatic carbocycles. The minimum absolute atomic E-state index is 0. The second-order valence-corrected chi connectivity index (χ2v) is 7.36. The molecule has 1 amide bonds. The largest absolute Gasteiger partial charge is 0.339 e. The van der Waals surface area contributed by atoms with Crippen molar-refractivity contribution in [2.45, 2.75) is 46.1 Å². The first-order valence-corrected chi connectivity index (χ1v) is 9.30. The molecule has 0 unspecified atom stereocenters. The van der Waals surface area contributed by atoms with E-state index in [9.17, 15) is 4.79 Å². The monoisotopic (exact) mass is 415 g/mol. The number of carbonyl (C=O) groups excluding carboxylic acids is 1. The van der Waals surface area contributed by atoms with Gasteiger partial charge in [-0.2, -0.15) is 5.10 Å². The molecule has 1 saturated heterocycles. The van der Waals surface area contributed by atoms with Crippen molar-refractivity contribution < 1.29 is 4.79 Å². The van der Waals surface area contributed by atoms with Gasteiger partial charge in [0.1, 0.15) is 0 Å². The molecule has 152 valence electrons. The van der Waals surface area contributed by atoms with Crippen LogP contribution in [0.2, 0.25) is 0 Å². The number of rotatable bonds is 5. The Kier molecular flexibility index (Phi) is 8.99. The lowest BCUT2D eigenvalue weighted by molar-refractivity contribution is 0.0689. The maximum atomic E-state index is 13.1. The molecule has 8 heteroatoms. The van der Waals surface area contributed by atoms with Crippen molar-refractivity contribution in [3.8, 4) is 0 Å². The summed E-state index contributed by atoms with van der Waals surface area (Å²) in [5.74, 6) is 0.838. The van der Waals surface area contributed by atoms with Crippen LogP contribution in [0.25, 0.3) is 11.0 Å². The number of aryl methyl sites for hydroxylation is 1. The molecule has 0 saturated carbocycles. The smallest absolute Gasteiger partial charge is 0.254 e. The minimum Gasteiger partial charge on any atom is -0.339 e. The summed E-state index contributed by atoms with van der Waals surface area (Å²) >= 11 is 0. The Hall–Kier alpha value is -1.37. The van der Waals surface area contributed by atoms with E-state index < -0.39 is 0 Å². The third-order valence-electron chi connectivity index (χ3n) is 5.12. The van der Waals surface area contributed by atoms with Crippen LogP contribution in [-0.4, -0.2) is 52.3 Å². The van der Waals surface area contributed by atoms with Gasteiger partial charge in [-0.05, 0) is 65.6 Å². The van der Waals surface area contributed by atoms with Crippen LogP contribution >= 0.6 is 24.8 Å². The van der Waals surface area contributed by atoms with E-state index in [1.165, 1.54) is 6.42 Å². The van der Waals surface area contributed by atoms with Gasteiger partial charge in [0.05, 0.1) is 17.1 Å². The lowest BCUT2D eigenvalue weighted by atomic mass is 9.93. The summed E-state index contributed by atoms with van der Waals surface area (Å²) in [6, 6.07) is 2.13. The fourth-order valence-electron chi connectivity index (χ4n) is 3.64. The summed E-state index contributed by atoms with van der Waals surface area (Å²) in [4.78, 5) is 19.7. The Labute approximate surface area is 173 Å². The van der Waals surface area contributed by atoms with Gasteiger partial charge in [-0.25, -0.2) is 9.67 Å². The van der Waals surface area contributed by atoms with E-state index in [1.807, 2.05) is 29.6 Å². The number of halogens is 2. The molecule has 3 heterocycles. The Morgan fingerprint density at radius 2 is 1.96 bits per heavy atom. The van der Waals surface area contributed by atoms with Crippen molar-refractivity contribution >= 4 is 41.8 Å². The molecular weight excluding hydrogens is 385 g/mol. The van der Waals surface area contributed by atoms with Gasteiger partial charge < -0.3 is 10.2 Å². The van der Waals surface area contributed by atoms with Crippen LogP contribution < -0.4 is 5.32 Å². The van der Waals surface area contributed by atoms with Crippen molar-refractivity contribution in [1.82, 2.24) is 25.0 Å². The number of pyridine rings is 1. The fraction of sp³-hybridized carbons (Fsp3) is 0.632. The maximum absolute atomic E-state index is 13.1. The van der Waals surface area contributed by atoms with E-state index in [-0.39, 0.29) is 36.8 Å². The van der Waals surface area contributed by atoms with Crippen molar-refractivity contribution in [3.63, 3.8) is 0 Å². The Balaban J connectivity index is 0.00000182. The van der Waals surface area contributed by atoms with Crippen LogP contribution in [0.15, 0.2) is 12.3 Å². The van der Waals surface area contributed by atoms with Gasteiger partial charge in [0.25, 0.3) is 5.91 Å². The second-order valence-electron chi connectivity index (χ2n) is 7.36. The van der Waals surface area contributed by atoms with Gasteiger partial charge in [0.15, 0.2) is 5.65 Å². The normalized spacial score (nSPS) is 14.9. The third-order valence-corrected chi connectivity index (χ3v) is 5.12. The Morgan fingerprint density at radius 1 is 1.30 bits per heavy atom. The molecule has 1 fully saturated rings. The maximum Gasteiger partial charge on any atom is 0.254 e. The number of hydrogen-bond acceptors (Lipinski definition) is 4. The standard InChI is InChI=1S/C19H29N5O.2ClH/c1-13(2)24-18-17(12-21-24)16(11-14(3)22-18)19(25)23-9-6-15(7-10-23)5-8-20-4;;/h11-13,15,20H,5-10H2,1-4H3;2*1H. The first-order valence-electron chi connectivity index (χ1n) is 9.30. The molecule has 1 aliphatic rings. The van der Waals surface area contributed by atoms with Crippen LogP contribution in [0.3, 0.4) is 0 Å². The number of likely N-dealkylation sites (tertiary alicyclic amines) is 1. The van der Waals surface area contributed by atoms with Gasteiger partial charge in [0.2, 0.25) is 0 Å². The van der Waals surface area contributed by atoms with E-state index in [2.05, 4.69) is 29.2 Å². The van der Waals surface area contributed by atoms with Gasteiger partial charge in [-0.1, -0.05) is 0 Å². The highest BCUT2D eigenvalue weighted by molar-refractivity contribution is 6.05. The average Bonchev–Trinajstić information content (AvgIpc) is 3.03. The quantitative estimate of drug-likeness (QED) is 0.809. The number of carbonyl (C=O) groups is 1. The highest BCUT2D eigenvalue weighted by atomic mass is 35.5. The predicted octanol–water partition coefficient (Wildman–Crippen LogP) is 3.63. The molecule has 1 aliphatic heterocycles. The van der Waals surface area contributed by atoms with Crippen molar-refractivity contribution in [1.29, 1.82) is 0 Å². The SMILES string of the molecule is CNCCC1CCN(C(=O)c2cc(C)nc3c2cnn3C(C)C)CC1.Cl.Cl. The Bertz CT molecular complexity index is 754. The average molecular weight is 416 g/mol. The number of hydrogen-bond donors (Lipinski definition) is 1. The third kappa shape index (κ3) is 5.12. The molecule has 0 atom stereocenters. The van der Waals surface area contributed by atoms with Crippen LogP contribution in [0.4, 0.5) is 0 Å². The van der Waals surface area contributed by atoms with E-state index in [4.69, 9.17) is 0 Å². The summed E-state index contributed by atoms with van der Waals surface area (Å²) in [5, 5.41) is 8.52. The number of amides is 1. The minimum atomic E-state index is 0. The molecule has 6 nitrogen and oxygen atoms in total. The van der Waals surface area contributed by atoms with E-state index in [0.29, 0.717) is 0 Å². The van der Waals surface area contributed by atoms with Crippen molar-refractivity contribution in [2.24, 2.45) is 5.92 Å². The van der Waals surface area contributed by atoms with Crippen LogP contribution in [0.1, 0.15) is 55.2 Å². The first kappa shape index (κ1) is 23.7. The number of aromatic nitrogens is 3. The molecule has 0 spiro atoms. The zero-order chi connectivity index (χ0) is 18.0. The number of piperidine rings is 1. The highest BCUT2D eigenvalue weighted by Gasteiger charge is 2.25. The van der Waals surface area contributed by atoms with Crippen molar-refractivity contribution in [2.75, 3.05) is 26.7 Å². The van der Waals surface area contributed by atoms with Gasteiger partial charge in [-0.3, -0.25) is 4.79 Å². The zero-order valence-electron chi connectivity index (χ0n) is 16.6.